The number of nitrogens with zero attached hydrogens (tertiary/aromatic N) is 1. The minimum absolute atomic E-state index is 0.124. The van der Waals surface area contributed by atoms with Gasteiger partial charge in [0.25, 0.3) is 11.8 Å². The van der Waals surface area contributed by atoms with Crippen molar-refractivity contribution in [1.82, 2.24) is 5.43 Å². The Balaban J connectivity index is 2.00. The van der Waals surface area contributed by atoms with Crippen molar-refractivity contribution in [3.8, 4) is 11.5 Å². The number of hydrogen-bond acceptors (Lipinski definition) is 6. The molecular formula is C20H17ClN2O6. The van der Waals surface area contributed by atoms with E-state index in [2.05, 4.69) is 10.2 Å². The molecule has 1 heterocycles. The highest BCUT2D eigenvalue weighted by Gasteiger charge is 2.34. The molecule has 8 nitrogen and oxygen atoms in total. The Kier molecular flexibility index (Phi) is 6.04. The van der Waals surface area contributed by atoms with Gasteiger partial charge in [0.1, 0.15) is 5.57 Å². The molecule has 1 N–H and O–H groups in total. The molecule has 1 fully saturated rings. The van der Waals surface area contributed by atoms with Crippen LogP contribution in [0.3, 0.4) is 0 Å². The van der Waals surface area contributed by atoms with Crippen molar-refractivity contribution < 1.29 is 28.6 Å². The molecule has 2 aromatic rings. The van der Waals surface area contributed by atoms with Gasteiger partial charge in [-0.2, -0.15) is 0 Å². The number of ether oxygens (including phenoxy) is 3. The normalized spacial score (nSPS) is 14.7. The average Bonchev–Trinajstić information content (AvgIpc) is 3.01. The highest BCUT2D eigenvalue weighted by Crippen LogP contribution is 2.36. The van der Waals surface area contributed by atoms with Gasteiger partial charge in [0.15, 0.2) is 18.1 Å². The predicted molar refractivity (Wildman–Crippen MR) is 106 cm³/mol. The zero-order chi connectivity index (χ0) is 21.0. The van der Waals surface area contributed by atoms with E-state index < -0.39 is 17.8 Å². The summed E-state index contributed by atoms with van der Waals surface area (Å²) in [7, 11) is 2.63. The SMILES string of the molecule is COC(=O)COc1c(C=C2C(=O)NN(c3ccccc3)C2=O)cc(Cl)cc1OC. The van der Waals surface area contributed by atoms with Gasteiger partial charge < -0.3 is 14.2 Å². The second-order valence-electron chi connectivity index (χ2n) is 5.87. The maximum Gasteiger partial charge on any atom is 0.343 e. The van der Waals surface area contributed by atoms with Crippen LogP contribution < -0.4 is 19.9 Å². The van der Waals surface area contributed by atoms with Crippen LogP contribution >= 0.6 is 11.6 Å². The number of hydrogen-bond donors (Lipinski definition) is 1. The van der Waals surface area contributed by atoms with Crippen LogP contribution in [-0.4, -0.2) is 38.6 Å². The van der Waals surface area contributed by atoms with Crippen molar-refractivity contribution in [3.63, 3.8) is 0 Å². The molecule has 0 radical (unpaired) electrons. The van der Waals surface area contributed by atoms with Gasteiger partial charge in [0.2, 0.25) is 0 Å². The van der Waals surface area contributed by atoms with E-state index in [1.807, 2.05) is 0 Å². The van der Waals surface area contributed by atoms with Crippen LogP contribution in [0.25, 0.3) is 6.08 Å². The van der Waals surface area contributed by atoms with E-state index in [4.69, 9.17) is 21.1 Å². The Hall–Kier alpha value is -3.52. The van der Waals surface area contributed by atoms with Crippen molar-refractivity contribution in [2.45, 2.75) is 0 Å². The van der Waals surface area contributed by atoms with Gasteiger partial charge in [-0.1, -0.05) is 29.8 Å². The highest BCUT2D eigenvalue weighted by atomic mass is 35.5. The summed E-state index contributed by atoms with van der Waals surface area (Å²) in [5.74, 6) is -1.35. The summed E-state index contributed by atoms with van der Waals surface area (Å²) >= 11 is 6.12. The first-order valence-corrected chi connectivity index (χ1v) is 8.81. The molecule has 150 valence electrons. The number of amides is 2. The topological polar surface area (TPSA) is 94.2 Å². The molecular weight excluding hydrogens is 400 g/mol. The van der Waals surface area contributed by atoms with Crippen LogP contribution in [0.4, 0.5) is 5.69 Å². The van der Waals surface area contributed by atoms with E-state index in [1.54, 1.807) is 30.3 Å². The number of para-hydroxylation sites is 1. The molecule has 29 heavy (non-hydrogen) atoms. The summed E-state index contributed by atoms with van der Waals surface area (Å²) in [5.41, 5.74) is 3.20. The smallest absolute Gasteiger partial charge is 0.343 e. The van der Waals surface area contributed by atoms with Gasteiger partial charge in [-0.15, -0.1) is 0 Å². The molecule has 2 amide bonds. The van der Waals surface area contributed by atoms with Crippen molar-refractivity contribution in [2.75, 3.05) is 25.8 Å². The fraction of sp³-hybridized carbons (Fsp3) is 0.150. The number of methoxy groups -OCH3 is 2. The standard InChI is InChI=1S/C20H17ClN2O6/c1-27-16-10-13(21)8-12(18(16)29-11-17(24)28-2)9-15-19(25)22-23(20(15)26)14-6-4-3-5-7-14/h3-10H,11H2,1-2H3,(H,22,25). The lowest BCUT2D eigenvalue weighted by molar-refractivity contribution is -0.143. The highest BCUT2D eigenvalue weighted by molar-refractivity contribution is 6.32. The van der Waals surface area contributed by atoms with Crippen molar-refractivity contribution in [3.05, 3.63) is 58.6 Å². The van der Waals surface area contributed by atoms with E-state index >= 15 is 0 Å². The van der Waals surface area contributed by atoms with E-state index in [-0.39, 0.29) is 23.7 Å². The first kappa shape index (κ1) is 20.2. The molecule has 1 aliphatic heterocycles. The van der Waals surface area contributed by atoms with Crippen LogP contribution in [0, 0.1) is 0 Å². The summed E-state index contributed by atoms with van der Waals surface area (Å²) in [6.07, 6.45) is 1.33. The van der Waals surface area contributed by atoms with Crippen LogP contribution in [0.5, 0.6) is 11.5 Å². The third-order valence-electron chi connectivity index (χ3n) is 4.04. The molecule has 0 unspecified atom stereocenters. The number of rotatable bonds is 6. The van der Waals surface area contributed by atoms with Crippen LogP contribution in [0.1, 0.15) is 5.56 Å². The molecule has 0 aromatic heterocycles. The molecule has 0 saturated carbocycles. The molecule has 0 bridgehead atoms. The van der Waals surface area contributed by atoms with E-state index in [0.717, 1.165) is 5.01 Å². The molecule has 0 spiro atoms. The zero-order valence-electron chi connectivity index (χ0n) is 15.6. The number of benzene rings is 2. The number of carbonyl (C=O) groups is 3. The van der Waals surface area contributed by atoms with Gasteiger partial charge in [-0.25, -0.2) is 9.80 Å². The van der Waals surface area contributed by atoms with Gasteiger partial charge in [-0.05, 0) is 24.3 Å². The monoisotopic (exact) mass is 416 g/mol. The van der Waals surface area contributed by atoms with Gasteiger partial charge in [-0.3, -0.25) is 15.0 Å². The van der Waals surface area contributed by atoms with Crippen LogP contribution in [-0.2, 0) is 19.1 Å². The molecule has 1 aliphatic rings. The quantitative estimate of drug-likeness (QED) is 0.441. The average molecular weight is 417 g/mol. The summed E-state index contributed by atoms with van der Waals surface area (Å²) in [6.45, 7) is -0.388. The lowest BCUT2D eigenvalue weighted by atomic mass is 10.1. The lowest BCUT2D eigenvalue weighted by Gasteiger charge is -2.14. The Morgan fingerprint density at radius 2 is 1.90 bits per heavy atom. The molecule has 1 saturated heterocycles. The minimum atomic E-state index is -0.606. The van der Waals surface area contributed by atoms with Crippen LogP contribution in [0.2, 0.25) is 5.02 Å². The molecule has 9 heteroatoms. The van der Waals surface area contributed by atoms with E-state index in [1.165, 1.54) is 32.4 Å². The number of nitrogens with one attached hydrogen (secondary N) is 1. The number of halogens is 1. The Morgan fingerprint density at radius 1 is 1.17 bits per heavy atom. The number of esters is 1. The minimum Gasteiger partial charge on any atom is -0.493 e. The second kappa shape index (κ2) is 8.66. The maximum atomic E-state index is 12.8. The third kappa shape index (κ3) is 4.33. The number of anilines is 1. The molecule has 0 atom stereocenters. The van der Waals surface area contributed by atoms with Crippen LogP contribution in [0.15, 0.2) is 48.0 Å². The summed E-state index contributed by atoms with van der Waals surface area (Å²) in [6, 6.07) is 11.7. The van der Waals surface area contributed by atoms with Gasteiger partial charge in [0.05, 0.1) is 19.9 Å². The third-order valence-corrected chi connectivity index (χ3v) is 4.25. The Morgan fingerprint density at radius 3 is 2.55 bits per heavy atom. The van der Waals surface area contributed by atoms with Gasteiger partial charge >= 0.3 is 5.97 Å². The number of carbonyl (C=O) groups excluding carboxylic acids is 3. The Bertz CT molecular complexity index is 990. The summed E-state index contributed by atoms with van der Waals surface area (Å²) < 4.78 is 15.3. The fourth-order valence-electron chi connectivity index (χ4n) is 2.66. The number of hydrazine groups is 1. The molecule has 2 aromatic carbocycles. The maximum absolute atomic E-state index is 12.8. The zero-order valence-corrected chi connectivity index (χ0v) is 16.4. The van der Waals surface area contributed by atoms with Crippen molar-refractivity contribution >= 4 is 41.1 Å². The lowest BCUT2D eigenvalue weighted by Crippen LogP contribution is -2.35. The molecule has 0 aliphatic carbocycles. The summed E-state index contributed by atoms with van der Waals surface area (Å²) in [4.78, 5) is 36.7. The van der Waals surface area contributed by atoms with E-state index in [9.17, 15) is 14.4 Å². The second-order valence-corrected chi connectivity index (χ2v) is 6.30. The summed E-state index contributed by atoms with van der Waals surface area (Å²) in [5, 5.41) is 1.44. The Labute approximate surface area is 171 Å². The first-order valence-electron chi connectivity index (χ1n) is 8.44. The fourth-order valence-corrected chi connectivity index (χ4v) is 2.88. The molecule has 3 rings (SSSR count). The predicted octanol–water partition coefficient (Wildman–Crippen LogP) is 2.36. The van der Waals surface area contributed by atoms with Crippen molar-refractivity contribution in [2.24, 2.45) is 0 Å². The van der Waals surface area contributed by atoms with Crippen molar-refractivity contribution in [1.29, 1.82) is 0 Å². The largest absolute Gasteiger partial charge is 0.493 e. The first-order chi connectivity index (χ1) is 13.9. The van der Waals surface area contributed by atoms with Gasteiger partial charge in [0, 0.05) is 16.7 Å². The van der Waals surface area contributed by atoms with E-state index in [0.29, 0.717) is 16.3 Å².